The maximum atomic E-state index is 12.8. The lowest BCUT2D eigenvalue weighted by Crippen LogP contribution is -2.54. The summed E-state index contributed by atoms with van der Waals surface area (Å²) >= 11 is 0. The number of hydrogen-bond donors (Lipinski definition) is 1. The first-order chi connectivity index (χ1) is 11.6. The number of nitrogens with zero attached hydrogens (tertiary/aromatic N) is 1. The Morgan fingerprint density at radius 2 is 1.60 bits per heavy atom. The van der Waals surface area contributed by atoms with Gasteiger partial charge in [0.1, 0.15) is 0 Å². The van der Waals surface area contributed by atoms with Gasteiger partial charge in [-0.1, -0.05) is 56.3 Å². The molecule has 0 aliphatic carbocycles. The second-order valence-corrected chi connectivity index (χ2v) is 7.92. The lowest BCUT2D eigenvalue weighted by Gasteiger charge is -2.48. The highest BCUT2D eigenvalue weighted by atomic mass is 16.4. The topological polar surface area (TPSA) is 57.6 Å². The van der Waals surface area contributed by atoms with Crippen molar-refractivity contribution in [2.24, 2.45) is 0 Å². The molecule has 25 heavy (non-hydrogen) atoms. The van der Waals surface area contributed by atoms with Crippen LogP contribution in [0.3, 0.4) is 0 Å². The average Bonchev–Trinajstić information content (AvgIpc) is 2.52. The summed E-state index contributed by atoms with van der Waals surface area (Å²) in [4.78, 5) is 26.1. The molecule has 0 saturated heterocycles. The number of carboxylic acid groups (broad SMARTS) is 1. The monoisotopic (exact) mass is 337 g/mol. The lowest BCUT2D eigenvalue weighted by atomic mass is 9.70. The molecule has 0 bridgehead atoms. The van der Waals surface area contributed by atoms with Gasteiger partial charge in [-0.3, -0.25) is 9.69 Å². The summed E-state index contributed by atoms with van der Waals surface area (Å²) < 4.78 is 0. The molecule has 1 N–H and O–H groups in total. The quantitative estimate of drug-likeness (QED) is 0.796. The molecular weight excluding hydrogens is 314 g/mol. The maximum Gasteiger partial charge on any atom is 0.412 e. The van der Waals surface area contributed by atoms with Gasteiger partial charge in [-0.15, -0.1) is 0 Å². The van der Waals surface area contributed by atoms with Crippen LogP contribution in [0.25, 0.3) is 0 Å². The van der Waals surface area contributed by atoms with Crippen LogP contribution in [0.15, 0.2) is 48.5 Å². The van der Waals surface area contributed by atoms with Crippen LogP contribution in [0, 0.1) is 0 Å². The van der Waals surface area contributed by atoms with Gasteiger partial charge in [0.25, 0.3) is 0 Å². The number of hydrogen-bond acceptors (Lipinski definition) is 2. The molecule has 3 rings (SSSR count). The number of amides is 1. The van der Waals surface area contributed by atoms with Gasteiger partial charge in [-0.25, -0.2) is 4.79 Å². The molecule has 4 heteroatoms. The molecule has 0 saturated carbocycles. The van der Waals surface area contributed by atoms with E-state index in [1.54, 1.807) is 24.3 Å². The molecule has 130 valence electrons. The summed E-state index contributed by atoms with van der Waals surface area (Å²) in [5.74, 6) is -0.102. The summed E-state index contributed by atoms with van der Waals surface area (Å²) in [6, 6.07) is 14.5. The standard InChI is InChI=1S/C21H23NO3/c1-20(2)13-21(3,4)22(19(24)25)17-12-15(10-11-16(17)20)18(23)14-8-6-5-7-9-14/h5-12H,13H2,1-4H3,(H,24,25). The van der Waals surface area contributed by atoms with Crippen LogP contribution in [0.2, 0.25) is 0 Å². The first-order valence-corrected chi connectivity index (χ1v) is 8.41. The zero-order valence-electron chi connectivity index (χ0n) is 15.0. The summed E-state index contributed by atoms with van der Waals surface area (Å²) in [6.45, 7) is 8.09. The predicted molar refractivity (Wildman–Crippen MR) is 98.5 cm³/mol. The van der Waals surface area contributed by atoms with E-state index in [2.05, 4.69) is 13.8 Å². The fraction of sp³-hybridized carbons (Fsp3) is 0.333. The van der Waals surface area contributed by atoms with Crippen molar-refractivity contribution in [1.29, 1.82) is 0 Å². The van der Waals surface area contributed by atoms with E-state index in [0.29, 0.717) is 23.2 Å². The number of benzene rings is 2. The van der Waals surface area contributed by atoms with E-state index in [1.165, 1.54) is 4.90 Å². The van der Waals surface area contributed by atoms with Crippen LogP contribution >= 0.6 is 0 Å². The van der Waals surface area contributed by atoms with E-state index in [9.17, 15) is 14.7 Å². The van der Waals surface area contributed by atoms with Gasteiger partial charge in [-0.05, 0) is 37.3 Å². The number of rotatable bonds is 2. The van der Waals surface area contributed by atoms with Crippen molar-refractivity contribution in [2.45, 2.75) is 45.1 Å². The molecule has 0 radical (unpaired) electrons. The summed E-state index contributed by atoms with van der Waals surface area (Å²) in [5, 5.41) is 9.78. The SMILES string of the molecule is CC1(C)CC(C)(C)N(C(=O)O)c2cc(C(=O)c3ccccc3)ccc21. The molecular formula is C21H23NO3. The van der Waals surface area contributed by atoms with Crippen molar-refractivity contribution < 1.29 is 14.7 Å². The zero-order chi connectivity index (χ0) is 18.4. The highest BCUT2D eigenvalue weighted by Gasteiger charge is 2.45. The molecule has 0 atom stereocenters. The Hall–Kier alpha value is -2.62. The Morgan fingerprint density at radius 3 is 2.20 bits per heavy atom. The van der Waals surface area contributed by atoms with Gasteiger partial charge in [0, 0.05) is 16.7 Å². The minimum Gasteiger partial charge on any atom is -0.465 e. The largest absolute Gasteiger partial charge is 0.465 e. The number of anilines is 1. The fourth-order valence-electron chi connectivity index (χ4n) is 4.13. The normalized spacial score (nSPS) is 17.7. The van der Waals surface area contributed by atoms with Crippen molar-refractivity contribution in [3.8, 4) is 0 Å². The highest BCUT2D eigenvalue weighted by Crippen LogP contribution is 2.47. The summed E-state index contributed by atoms with van der Waals surface area (Å²) in [6.07, 6.45) is -0.281. The van der Waals surface area contributed by atoms with Crippen LogP contribution < -0.4 is 4.90 Å². The third-order valence-electron chi connectivity index (χ3n) is 4.94. The van der Waals surface area contributed by atoms with E-state index in [-0.39, 0.29) is 11.2 Å². The van der Waals surface area contributed by atoms with Crippen molar-refractivity contribution in [2.75, 3.05) is 4.90 Å². The minimum atomic E-state index is -0.994. The molecule has 1 amide bonds. The number of carbonyl (C=O) groups excluding carboxylic acids is 1. The number of ketones is 1. The Bertz CT molecular complexity index is 837. The lowest BCUT2D eigenvalue weighted by molar-refractivity contribution is 0.103. The first-order valence-electron chi connectivity index (χ1n) is 8.41. The maximum absolute atomic E-state index is 12.8. The van der Waals surface area contributed by atoms with Crippen molar-refractivity contribution in [3.63, 3.8) is 0 Å². The van der Waals surface area contributed by atoms with Gasteiger partial charge in [0.05, 0.1) is 5.69 Å². The van der Waals surface area contributed by atoms with E-state index >= 15 is 0 Å². The Kier molecular flexibility index (Phi) is 3.94. The summed E-state index contributed by atoms with van der Waals surface area (Å²) in [5.41, 5.74) is 1.95. The van der Waals surface area contributed by atoms with E-state index in [0.717, 1.165) is 5.56 Å². The van der Waals surface area contributed by atoms with Crippen molar-refractivity contribution in [3.05, 3.63) is 65.2 Å². The molecule has 1 aliphatic heterocycles. The molecule has 0 unspecified atom stereocenters. The van der Waals surface area contributed by atoms with Crippen LogP contribution in [0.5, 0.6) is 0 Å². The third-order valence-corrected chi connectivity index (χ3v) is 4.94. The van der Waals surface area contributed by atoms with Gasteiger partial charge in [0.15, 0.2) is 5.78 Å². The van der Waals surface area contributed by atoms with Gasteiger partial charge >= 0.3 is 6.09 Å². The van der Waals surface area contributed by atoms with E-state index < -0.39 is 11.6 Å². The van der Waals surface area contributed by atoms with Crippen LogP contribution in [-0.4, -0.2) is 22.5 Å². The molecule has 1 heterocycles. The van der Waals surface area contributed by atoms with Gasteiger partial charge in [0.2, 0.25) is 0 Å². The molecule has 0 spiro atoms. The van der Waals surface area contributed by atoms with Gasteiger partial charge < -0.3 is 5.11 Å². The Labute approximate surface area is 148 Å². The minimum absolute atomic E-state index is 0.102. The van der Waals surface area contributed by atoms with Crippen molar-refractivity contribution >= 4 is 17.6 Å². The zero-order valence-corrected chi connectivity index (χ0v) is 15.0. The number of carbonyl (C=O) groups is 2. The number of fused-ring (bicyclic) bond motifs is 1. The predicted octanol–water partition coefficient (Wildman–Crippen LogP) is 4.86. The van der Waals surface area contributed by atoms with Crippen LogP contribution in [-0.2, 0) is 5.41 Å². The van der Waals surface area contributed by atoms with Crippen LogP contribution in [0.1, 0.15) is 55.6 Å². The van der Waals surface area contributed by atoms with Crippen molar-refractivity contribution in [1.82, 2.24) is 0 Å². The molecule has 2 aromatic carbocycles. The van der Waals surface area contributed by atoms with Gasteiger partial charge in [-0.2, -0.15) is 0 Å². The second-order valence-electron chi connectivity index (χ2n) is 7.92. The smallest absolute Gasteiger partial charge is 0.412 e. The van der Waals surface area contributed by atoms with Crippen LogP contribution in [0.4, 0.5) is 10.5 Å². The summed E-state index contributed by atoms with van der Waals surface area (Å²) in [7, 11) is 0. The second kappa shape index (κ2) is 5.73. The Morgan fingerprint density at radius 1 is 0.960 bits per heavy atom. The molecule has 2 aromatic rings. The van der Waals surface area contributed by atoms with E-state index in [4.69, 9.17) is 0 Å². The molecule has 1 aliphatic rings. The van der Waals surface area contributed by atoms with E-state index in [1.807, 2.05) is 38.1 Å². The molecule has 4 nitrogen and oxygen atoms in total. The molecule has 0 aromatic heterocycles. The first kappa shape index (κ1) is 17.2. The molecule has 0 fully saturated rings. The third kappa shape index (κ3) is 2.93. The highest BCUT2D eigenvalue weighted by molar-refractivity contribution is 6.10. The fourth-order valence-corrected chi connectivity index (χ4v) is 4.13. The average molecular weight is 337 g/mol. The Balaban J connectivity index is 2.16.